The Bertz CT molecular complexity index is 836. The van der Waals surface area contributed by atoms with Gasteiger partial charge in [0.05, 0.1) is 0 Å². The molecule has 0 bridgehead atoms. The van der Waals surface area contributed by atoms with Crippen LogP contribution in [0, 0.1) is 3.57 Å². The molecule has 1 atom stereocenters. The highest BCUT2D eigenvalue weighted by Crippen LogP contribution is 2.18. The van der Waals surface area contributed by atoms with E-state index in [1.54, 1.807) is 4.90 Å². The minimum absolute atomic E-state index is 0.0809. The van der Waals surface area contributed by atoms with Gasteiger partial charge in [-0.1, -0.05) is 49.6 Å². The highest BCUT2D eigenvalue weighted by atomic mass is 127. The van der Waals surface area contributed by atoms with Crippen LogP contribution in [0.3, 0.4) is 0 Å². The van der Waals surface area contributed by atoms with Crippen LogP contribution < -0.4 is 10.1 Å². The molecular formula is C25H31IN2O3. The van der Waals surface area contributed by atoms with E-state index in [-0.39, 0.29) is 24.5 Å². The van der Waals surface area contributed by atoms with Gasteiger partial charge in [0.1, 0.15) is 11.8 Å². The van der Waals surface area contributed by atoms with Crippen LogP contribution >= 0.6 is 22.6 Å². The third-order valence-corrected chi connectivity index (χ3v) is 6.50. The number of nitrogens with one attached hydrogen (secondary N) is 1. The molecule has 1 aliphatic rings. The maximum absolute atomic E-state index is 13.1. The monoisotopic (exact) mass is 534 g/mol. The summed E-state index contributed by atoms with van der Waals surface area (Å²) in [6, 6.07) is 17.3. The maximum atomic E-state index is 13.1. The van der Waals surface area contributed by atoms with Crippen LogP contribution in [-0.2, 0) is 16.0 Å². The van der Waals surface area contributed by atoms with E-state index in [9.17, 15) is 9.59 Å². The Hall–Kier alpha value is -2.09. The summed E-state index contributed by atoms with van der Waals surface area (Å²) >= 11 is 2.23. The average molecular weight is 534 g/mol. The zero-order valence-electron chi connectivity index (χ0n) is 18.1. The first-order valence-corrected chi connectivity index (χ1v) is 12.1. The van der Waals surface area contributed by atoms with Crippen molar-refractivity contribution >= 4 is 34.4 Å². The van der Waals surface area contributed by atoms with E-state index in [4.69, 9.17) is 4.74 Å². The summed E-state index contributed by atoms with van der Waals surface area (Å²) < 4.78 is 6.81. The lowest BCUT2D eigenvalue weighted by molar-refractivity contribution is -0.141. The molecule has 31 heavy (non-hydrogen) atoms. The van der Waals surface area contributed by atoms with Crippen molar-refractivity contribution in [2.45, 2.75) is 57.5 Å². The number of halogens is 1. The Kier molecular flexibility index (Phi) is 9.18. The van der Waals surface area contributed by atoms with Gasteiger partial charge in [-0.2, -0.15) is 0 Å². The van der Waals surface area contributed by atoms with Crippen LogP contribution in [0.5, 0.6) is 5.75 Å². The standard InChI is InChI=1S/C25H31IN2O3/c1-19(25(30)27-22-10-6-3-7-11-22)28(17-16-20-8-4-2-5-9-20)24(29)18-31-23-14-12-21(26)13-15-23/h2,4-5,8-9,12-15,19,22H,3,6-7,10-11,16-18H2,1H3,(H,27,30)/t19-/m1/s1. The molecule has 6 heteroatoms. The average Bonchev–Trinajstić information content (AvgIpc) is 2.80. The largest absolute Gasteiger partial charge is 0.484 e. The Labute approximate surface area is 198 Å². The summed E-state index contributed by atoms with van der Waals surface area (Å²) in [5.74, 6) is 0.388. The minimum Gasteiger partial charge on any atom is -0.484 e. The highest BCUT2D eigenvalue weighted by Gasteiger charge is 2.28. The van der Waals surface area contributed by atoms with Gasteiger partial charge < -0.3 is 15.0 Å². The number of hydrogen-bond donors (Lipinski definition) is 1. The van der Waals surface area contributed by atoms with Crippen LogP contribution in [0.25, 0.3) is 0 Å². The van der Waals surface area contributed by atoms with Crippen LogP contribution in [0.2, 0.25) is 0 Å². The van der Waals surface area contributed by atoms with E-state index >= 15 is 0 Å². The summed E-state index contributed by atoms with van der Waals surface area (Å²) in [7, 11) is 0. The number of nitrogens with zero attached hydrogens (tertiary/aromatic N) is 1. The molecule has 1 saturated carbocycles. The first kappa shape index (κ1) is 23.6. The second kappa shape index (κ2) is 12.1. The predicted octanol–water partition coefficient (Wildman–Crippen LogP) is 4.58. The first-order valence-electron chi connectivity index (χ1n) is 11.0. The number of carbonyl (C=O) groups is 2. The third kappa shape index (κ3) is 7.52. The van der Waals surface area contributed by atoms with E-state index in [1.165, 1.54) is 6.42 Å². The van der Waals surface area contributed by atoms with Gasteiger partial charge in [-0.25, -0.2) is 0 Å². The van der Waals surface area contributed by atoms with Gasteiger partial charge >= 0.3 is 0 Å². The fourth-order valence-corrected chi connectivity index (χ4v) is 4.26. The van der Waals surface area contributed by atoms with Gasteiger partial charge in [-0.05, 0) is 78.6 Å². The maximum Gasteiger partial charge on any atom is 0.261 e. The molecule has 1 aliphatic carbocycles. The van der Waals surface area contributed by atoms with Crippen molar-refractivity contribution in [3.8, 4) is 5.75 Å². The van der Waals surface area contributed by atoms with Crippen LogP contribution in [-0.4, -0.2) is 41.9 Å². The molecule has 0 heterocycles. The van der Waals surface area contributed by atoms with Crippen molar-refractivity contribution in [1.29, 1.82) is 0 Å². The van der Waals surface area contributed by atoms with Gasteiger partial charge in [-0.15, -0.1) is 0 Å². The SMILES string of the molecule is C[C@H](C(=O)NC1CCCCC1)N(CCc1ccccc1)C(=O)COc1ccc(I)cc1. The summed E-state index contributed by atoms with van der Waals surface area (Å²) in [6.45, 7) is 2.19. The van der Waals surface area contributed by atoms with Crippen molar-refractivity contribution in [1.82, 2.24) is 10.2 Å². The van der Waals surface area contributed by atoms with E-state index in [0.29, 0.717) is 18.7 Å². The first-order chi connectivity index (χ1) is 15.0. The van der Waals surface area contributed by atoms with E-state index in [2.05, 4.69) is 27.9 Å². The molecule has 2 aromatic rings. The van der Waals surface area contributed by atoms with E-state index < -0.39 is 6.04 Å². The normalized spacial score (nSPS) is 15.2. The number of carbonyl (C=O) groups excluding carboxylic acids is 2. The lowest BCUT2D eigenvalue weighted by atomic mass is 9.95. The molecule has 3 rings (SSSR count). The van der Waals surface area contributed by atoms with Crippen LogP contribution in [0.4, 0.5) is 0 Å². The quantitative estimate of drug-likeness (QED) is 0.480. The van der Waals surface area contributed by atoms with Gasteiger partial charge in [0, 0.05) is 16.2 Å². The molecule has 1 N–H and O–H groups in total. The highest BCUT2D eigenvalue weighted by molar-refractivity contribution is 14.1. The predicted molar refractivity (Wildman–Crippen MR) is 131 cm³/mol. The Morgan fingerprint density at radius 3 is 2.42 bits per heavy atom. The van der Waals surface area contributed by atoms with Gasteiger partial charge in [0.15, 0.2) is 6.61 Å². The Morgan fingerprint density at radius 1 is 1.06 bits per heavy atom. The van der Waals surface area contributed by atoms with Gasteiger partial charge in [0.2, 0.25) is 5.91 Å². The second-order valence-electron chi connectivity index (χ2n) is 8.08. The molecule has 0 aromatic heterocycles. The van der Waals surface area contributed by atoms with Gasteiger partial charge in [-0.3, -0.25) is 9.59 Å². The number of amides is 2. The summed E-state index contributed by atoms with van der Waals surface area (Å²) in [4.78, 5) is 27.6. The zero-order valence-corrected chi connectivity index (χ0v) is 20.2. The molecule has 2 amide bonds. The lowest BCUT2D eigenvalue weighted by Gasteiger charge is -2.31. The molecule has 2 aromatic carbocycles. The summed E-state index contributed by atoms with van der Waals surface area (Å²) in [5.41, 5.74) is 1.14. The molecule has 1 fully saturated rings. The second-order valence-corrected chi connectivity index (χ2v) is 9.33. The molecular weight excluding hydrogens is 503 g/mol. The molecule has 5 nitrogen and oxygen atoms in total. The molecule has 166 valence electrons. The Balaban J connectivity index is 1.63. The Morgan fingerprint density at radius 2 is 1.74 bits per heavy atom. The smallest absolute Gasteiger partial charge is 0.261 e. The van der Waals surface area contributed by atoms with Crippen molar-refractivity contribution in [3.05, 3.63) is 63.7 Å². The number of benzene rings is 2. The molecule has 0 radical (unpaired) electrons. The fraction of sp³-hybridized carbons (Fsp3) is 0.440. The number of ether oxygens (including phenoxy) is 1. The van der Waals surface area contributed by atoms with Crippen molar-refractivity contribution < 1.29 is 14.3 Å². The number of hydrogen-bond acceptors (Lipinski definition) is 3. The number of rotatable bonds is 9. The molecule has 0 unspecified atom stereocenters. The zero-order chi connectivity index (χ0) is 22.1. The van der Waals surface area contributed by atoms with Crippen molar-refractivity contribution in [3.63, 3.8) is 0 Å². The third-order valence-electron chi connectivity index (χ3n) is 5.78. The van der Waals surface area contributed by atoms with Crippen LogP contribution in [0.15, 0.2) is 54.6 Å². The van der Waals surface area contributed by atoms with E-state index in [1.807, 2.05) is 61.5 Å². The summed E-state index contributed by atoms with van der Waals surface area (Å²) in [6.07, 6.45) is 6.27. The molecule has 0 spiro atoms. The van der Waals surface area contributed by atoms with Gasteiger partial charge in [0.25, 0.3) is 5.91 Å². The van der Waals surface area contributed by atoms with Crippen molar-refractivity contribution in [2.24, 2.45) is 0 Å². The van der Waals surface area contributed by atoms with E-state index in [0.717, 1.165) is 34.8 Å². The molecule has 0 saturated heterocycles. The lowest BCUT2D eigenvalue weighted by Crippen LogP contribution is -2.52. The summed E-state index contributed by atoms with van der Waals surface area (Å²) in [5, 5.41) is 3.16. The molecule has 0 aliphatic heterocycles. The topological polar surface area (TPSA) is 58.6 Å². The van der Waals surface area contributed by atoms with Crippen molar-refractivity contribution in [2.75, 3.05) is 13.2 Å². The van der Waals surface area contributed by atoms with Crippen LogP contribution in [0.1, 0.15) is 44.6 Å². The fourth-order valence-electron chi connectivity index (χ4n) is 3.90. The minimum atomic E-state index is -0.543.